The molecule has 1 heterocycles. The van der Waals surface area contributed by atoms with E-state index in [1.807, 2.05) is 50.4 Å². The molecule has 0 radical (unpaired) electrons. The number of cyclic esters (lactones) is 1. The van der Waals surface area contributed by atoms with Crippen LogP contribution in [0.4, 0.5) is 4.79 Å². The minimum absolute atomic E-state index is 0.117. The normalized spacial score (nSPS) is 21.1. The third-order valence-corrected chi connectivity index (χ3v) is 2.70. The summed E-state index contributed by atoms with van der Waals surface area (Å²) in [6, 6.07) is 10.1. The largest absolute Gasteiger partial charge is 0.447 e. The lowest BCUT2D eigenvalue weighted by atomic mass is 10.1. The number of ether oxygens (including phenoxy) is 1. The Balaban J connectivity index is 2.21. The van der Waals surface area contributed by atoms with Crippen LogP contribution < -0.4 is 0 Å². The number of carbonyl (C=O) groups excluding carboxylic acids is 1. The highest BCUT2D eigenvalue weighted by Crippen LogP contribution is 2.18. The van der Waals surface area contributed by atoms with E-state index in [0.717, 1.165) is 11.1 Å². The van der Waals surface area contributed by atoms with E-state index < -0.39 is 0 Å². The van der Waals surface area contributed by atoms with Crippen LogP contribution in [-0.2, 0) is 4.74 Å². The third kappa shape index (κ3) is 2.08. The number of amides is 1. The molecule has 16 heavy (non-hydrogen) atoms. The molecule has 3 heteroatoms. The zero-order chi connectivity index (χ0) is 11.5. The Hall–Kier alpha value is -1.77. The minimum Gasteiger partial charge on any atom is -0.447 e. The predicted octanol–water partition coefficient (Wildman–Crippen LogP) is 2.89. The van der Waals surface area contributed by atoms with Crippen molar-refractivity contribution in [1.29, 1.82) is 0 Å². The molecular weight excluding hydrogens is 202 g/mol. The second kappa shape index (κ2) is 4.39. The number of benzene rings is 1. The lowest BCUT2D eigenvalue weighted by molar-refractivity contribution is 0.166. The van der Waals surface area contributed by atoms with E-state index in [9.17, 15) is 4.79 Å². The van der Waals surface area contributed by atoms with Crippen molar-refractivity contribution in [3.8, 4) is 0 Å². The molecule has 1 fully saturated rings. The molecule has 1 aromatic carbocycles. The van der Waals surface area contributed by atoms with Gasteiger partial charge in [0, 0.05) is 6.20 Å². The van der Waals surface area contributed by atoms with Gasteiger partial charge in [0.1, 0.15) is 6.61 Å². The first-order valence-electron chi connectivity index (χ1n) is 5.37. The highest BCUT2D eigenvalue weighted by Gasteiger charge is 2.27. The second-order valence-corrected chi connectivity index (χ2v) is 4.01. The van der Waals surface area contributed by atoms with Crippen molar-refractivity contribution in [2.45, 2.75) is 19.9 Å². The van der Waals surface area contributed by atoms with Crippen LogP contribution in [-0.4, -0.2) is 23.6 Å². The van der Waals surface area contributed by atoms with Crippen molar-refractivity contribution < 1.29 is 9.53 Å². The van der Waals surface area contributed by atoms with Gasteiger partial charge in [-0.1, -0.05) is 30.3 Å². The molecule has 0 aromatic heterocycles. The van der Waals surface area contributed by atoms with Gasteiger partial charge in [-0.2, -0.15) is 0 Å². The quantitative estimate of drug-likeness (QED) is 0.762. The fraction of sp³-hybridized carbons (Fsp3) is 0.308. The molecular formula is C13H15NO2. The predicted molar refractivity (Wildman–Crippen MR) is 62.7 cm³/mol. The molecule has 0 bridgehead atoms. The molecule has 84 valence electrons. The SMILES string of the molecule is C/C(=C\N1C(=O)OC[C@H]1C)c1ccccc1. The van der Waals surface area contributed by atoms with Gasteiger partial charge in [0.2, 0.25) is 0 Å². The average molecular weight is 217 g/mol. The summed E-state index contributed by atoms with van der Waals surface area (Å²) in [5, 5.41) is 0. The van der Waals surface area contributed by atoms with Crippen LogP contribution in [0.1, 0.15) is 19.4 Å². The second-order valence-electron chi connectivity index (χ2n) is 4.01. The summed E-state index contributed by atoms with van der Waals surface area (Å²) >= 11 is 0. The number of rotatable bonds is 2. The van der Waals surface area contributed by atoms with Crippen molar-refractivity contribution in [3.63, 3.8) is 0 Å². The first-order valence-corrected chi connectivity index (χ1v) is 5.37. The van der Waals surface area contributed by atoms with E-state index in [1.165, 1.54) is 0 Å². The van der Waals surface area contributed by atoms with E-state index in [2.05, 4.69) is 0 Å². The molecule has 1 atom stereocenters. The first kappa shape index (κ1) is 10.7. The Bertz CT molecular complexity index is 411. The molecule has 1 aliphatic heterocycles. The van der Waals surface area contributed by atoms with E-state index in [0.29, 0.717) is 6.61 Å². The van der Waals surface area contributed by atoms with Gasteiger partial charge in [0.05, 0.1) is 6.04 Å². The van der Waals surface area contributed by atoms with Gasteiger partial charge in [-0.25, -0.2) is 4.79 Å². The van der Waals surface area contributed by atoms with Gasteiger partial charge in [0.15, 0.2) is 0 Å². The molecule has 0 spiro atoms. The lowest BCUT2D eigenvalue weighted by Gasteiger charge is -2.14. The van der Waals surface area contributed by atoms with Crippen LogP contribution in [0.5, 0.6) is 0 Å². The van der Waals surface area contributed by atoms with E-state index in [-0.39, 0.29) is 12.1 Å². The zero-order valence-electron chi connectivity index (χ0n) is 9.51. The maximum atomic E-state index is 11.4. The Morgan fingerprint density at radius 1 is 1.44 bits per heavy atom. The van der Waals surface area contributed by atoms with E-state index >= 15 is 0 Å². The summed E-state index contributed by atoms with van der Waals surface area (Å²) in [6.45, 7) is 4.44. The van der Waals surface area contributed by atoms with Crippen molar-refractivity contribution in [3.05, 3.63) is 42.1 Å². The fourth-order valence-electron chi connectivity index (χ4n) is 1.69. The molecule has 0 aliphatic carbocycles. The van der Waals surface area contributed by atoms with Crippen molar-refractivity contribution in [2.75, 3.05) is 6.61 Å². The summed E-state index contributed by atoms with van der Waals surface area (Å²) in [6.07, 6.45) is 1.60. The number of allylic oxidation sites excluding steroid dienone is 1. The van der Waals surface area contributed by atoms with Crippen LogP contribution in [0.2, 0.25) is 0 Å². The summed E-state index contributed by atoms with van der Waals surface area (Å²) < 4.78 is 4.96. The molecule has 3 nitrogen and oxygen atoms in total. The lowest BCUT2D eigenvalue weighted by Crippen LogP contribution is -2.25. The Labute approximate surface area is 95.3 Å². The Morgan fingerprint density at radius 3 is 2.69 bits per heavy atom. The number of hydrogen-bond donors (Lipinski definition) is 0. The Kier molecular flexibility index (Phi) is 2.95. The molecule has 2 rings (SSSR count). The molecule has 0 saturated carbocycles. The van der Waals surface area contributed by atoms with Crippen LogP contribution in [0.25, 0.3) is 5.57 Å². The maximum Gasteiger partial charge on any atom is 0.414 e. The molecule has 1 aliphatic rings. The monoisotopic (exact) mass is 217 g/mol. The number of carbonyl (C=O) groups is 1. The molecule has 0 N–H and O–H groups in total. The number of hydrogen-bond acceptors (Lipinski definition) is 2. The standard InChI is InChI=1S/C13H15NO2/c1-10(12-6-4-3-5-7-12)8-14-11(2)9-16-13(14)15/h3-8,11H,9H2,1-2H3/b10-8+/t11-/m1/s1. The highest BCUT2D eigenvalue weighted by atomic mass is 16.6. The van der Waals surface area contributed by atoms with Gasteiger partial charge in [-0.05, 0) is 25.0 Å². The molecule has 1 amide bonds. The summed E-state index contributed by atoms with van der Waals surface area (Å²) in [4.78, 5) is 13.1. The molecule has 1 saturated heterocycles. The van der Waals surface area contributed by atoms with Gasteiger partial charge in [-0.3, -0.25) is 4.90 Å². The molecule has 0 unspecified atom stereocenters. The Morgan fingerprint density at radius 2 is 2.12 bits per heavy atom. The van der Waals surface area contributed by atoms with Crippen LogP contribution in [0.3, 0.4) is 0 Å². The van der Waals surface area contributed by atoms with Gasteiger partial charge >= 0.3 is 6.09 Å². The van der Waals surface area contributed by atoms with Gasteiger partial charge < -0.3 is 4.74 Å². The summed E-state index contributed by atoms with van der Waals surface area (Å²) in [5.74, 6) is 0. The van der Waals surface area contributed by atoms with Gasteiger partial charge in [0.25, 0.3) is 0 Å². The zero-order valence-corrected chi connectivity index (χ0v) is 9.51. The third-order valence-electron chi connectivity index (χ3n) is 2.70. The van der Waals surface area contributed by atoms with Crippen LogP contribution in [0.15, 0.2) is 36.5 Å². The average Bonchev–Trinajstić information content (AvgIpc) is 2.62. The van der Waals surface area contributed by atoms with Crippen molar-refractivity contribution >= 4 is 11.7 Å². The van der Waals surface area contributed by atoms with Crippen molar-refractivity contribution in [1.82, 2.24) is 4.90 Å². The summed E-state index contributed by atoms with van der Waals surface area (Å²) in [7, 11) is 0. The minimum atomic E-state index is -0.261. The maximum absolute atomic E-state index is 11.4. The van der Waals surface area contributed by atoms with Crippen molar-refractivity contribution in [2.24, 2.45) is 0 Å². The highest BCUT2D eigenvalue weighted by molar-refractivity contribution is 5.74. The van der Waals surface area contributed by atoms with E-state index in [4.69, 9.17) is 4.74 Å². The fourth-order valence-corrected chi connectivity index (χ4v) is 1.69. The van der Waals surface area contributed by atoms with E-state index in [1.54, 1.807) is 4.90 Å². The van der Waals surface area contributed by atoms with Crippen LogP contribution in [0, 0.1) is 0 Å². The summed E-state index contributed by atoms with van der Waals surface area (Å²) in [5.41, 5.74) is 2.18. The van der Waals surface area contributed by atoms with Crippen LogP contribution >= 0.6 is 0 Å². The number of nitrogens with zero attached hydrogens (tertiary/aromatic N) is 1. The topological polar surface area (TPSA) is 29.5 Å². The first-order chi connectivity index (χ1) is 7.68. The smallest absolute Gasteiger partial charge is 0.414 e. The van der Waals surface area contributed by atoms with Gasteiger partial charge in [-0.15, -0.1) is 0 Å². The molecule has 1 aromatic rings.